The minimum absolute atomic E-state index is 0.0975. The molecule has 0 aliphatic heterocycles. The molecule has 0 amide bonds. The van der Waals surface area contributed by atoms with E-state index in [1.165, 1.54) is 0 Å². The summed E-state index contributed by atoms with van der Waals surface area (Å²) in [5.74, 6) is 0.579. The number of aryl methyl sites for hydroxylation is 1. The standard InChI is InChI=1S/C14H22FNO3S/c1-10-8-12(19-7-5-6-15)11(14(2,3)4)9-13(10)20(16,17)18/h8-9H,5-7H2,1-4H3,(H2,16,17,18). The molecule has 0 bridgehead atoms. The first-order valence-electron chi connectivity index (χ1n) is 6.44. The predicted octanol–water partition coefficient (Wildman–Crippen LogP) is 2.68. The van der Waals surface area contributed by atoms with E-state index in [1.807, 2.05) is 20.8 Å². The first kappa shape index (κ1) is 16.9. The van der Waals surface area contributed by atoms with Gasteiger partial charge in [-0.05, 0) is 30.0 Å². The lowest BCUT2D eigenvalue weighted by Crippen LogP contribution is -2.19. The van der Waals surface area contributed by atoms with E-state index in [2.05, 4.69) is 0 Å². The Labute approximate surface area is 120 Å². The lowest BCUT2D eigenvalue weighted by Gasteiger charge is -2.24. The maximum atomic E-state index is 12.2. The lowest BCUT2D eigenvalue weighted by atomic mass is 9.86. The zero-order chi connectivity index (χ0) is 15.6. The highest BCUT2D eigenvalue weighted by molar-refractivity contribution is 7.89. The Balaban J connectivity index is 3.34. The third-order valence-electron chi connectivity index (χ3n) is 2.93. The van der Waals surface area contributed by atoms with E-state index in [0.29, 0.717) is 17.7 Å². The number of nitrogens with two attached hydrogens (primary N) is 1. The van der Waals surface area contributed by atoms with Crippen molar-refractivity contribution in [3.63, 3.8) is 0 Å². The second kappa shape index (κ2) is 6.10. The number of halogens is 1. The number of rotatable bonds is 5. The Morgan fingerprint density at radius 3 is 2.35 bits per heavy atom. The van der Waals surface area contributed by atoms with Gasteiger partial charge in [0.05, 0.1) is 18.2 Å². The molecule has 0 aliphatic rings. The summed E-state index contributed by atoms with van der Waals surface area (Å²) in [6.07, 6.45) is 0.305. The van der Waals surface area contributed by atoms with Gasteiger partial charge in [-0.15, -0.1) is 0 Å². The van der Waals surface area contributed by atoms with Crippen LogP contribution in [0.25, 0.3) is 0 Å². The first-order chi connectivity index (χ1) is 9.07. The van der Waals surface area contributed by atoms with Gasteiger partial charge in [0.2, 0.25) is 10.0 Å². The Morgan fingerprint density at radius 1 is 1.30 bits per heavy atom. The van der Waals surface area contributed by atoms with Crippen LogP contribution >= 0.6 is 0 Å². The van der Waals surface area contributed by atoms with Gasteiger partial charge in [0.15, 0.2) is 0 Å². The number of sulfonamides is 1. The van der Waals surface area contributed by atoms with Crippen LogP contribution in [-0.2, 0) is 15.4 Å². The Bertz CT molecular complexity index is 577. The van der Waals surface area contributed by atoms with Crippen molar-refractivity contribution in [2.45, 2.75) is 44.4 Å². The van der Waals surface area contributed by atoms with E-state index in [0.717, 1.165) is 5.56 Å². The van der Waals surface area contributed by atoms with Crippen molar-refractivity contribution in [3.05, 3.63) is 23.3 Å². The van der Waals surface area contributed by atoms with Crippen molar-refractivity contribution in [2.75, 3.05) is 13.3 Å². The van der Waals surface area contributed by atoms with Gasteiger partial charge in [-0.1, -0.05) is 20.8 Å². The quantitative estimate of drug-likeness (QED) is 0.850. The fourth-order valence-corrected chi connectivity index (χ4v) is 2.70. The molecule has 2 N–H and O–H groups in total. The van der Waals surface area contributed by atoms with E-state index < -0.39 is 16.7 Å². The topological polar surface area (TPSA) is 69.4 Å². The van der Waals surface area contributed by atoms with Gasteiger partial charge < -0.3 is 4.74 Å². The fraction of sp³-hybridized carbons (Fsp3) is 0.571. The summed E-state index contributed by atoms with van der Waals surface area (Å²) in [4.78, 5) is 0.0975. The molecule has 0 saturated carbocycles. The van der Waals surface area contributed by atoms with Crippen molar-refractivity contribution in [3.8, 4) is 5.75 Å². The zero-order valence-electron chi connectivity index (χ0n) is 12.4. The summed E-state index contributed by atoms with van der Waals surface area (Å²) >= 11 is 0. The van der Waals surface area contributed by atoms with Gasteiger partial charge in [0.1, 0.15) is 5.75 Å². The summed E-state index contributed by atoms with van der Waals surface area (Å²) in [5.41, 5.74) is 0.958. The molecule has 4 nitrogen and oxygen atoms in total. The van der Waals surface area contributed by atoms with Gasteiger partial charge in [0.25, 0.3) is 0 Å². The third-order valence-corrected chi connectivity index (χ3v) is 3.98. The molecule has 1 aromatic carbocycles. The summed E-state index contributed by atoms with van der Waals surface area (Å²) in [6.45, 7) is 7.33. The van der Waals surface area contributed by atoms with E-state index in [9.17, 15) is 12.8 Å². The molecule has 0 aromatic heterocycles. The van der Waals surface area contributed by atoms with Crippen LogP contribution in [0.3, 0.4) is 0 Å². The molecule has 0 radical (unpaired) electrons. The molecule has 20 heavy (non-hydrogen) atoms. The van der Waals surface area contributed by atoms with E-state index in [4.69, 9.17) is 9.88 Å². The highest BCUT2D eigenvalue weighted by Gasteiger charge is 2.23. The average molecular weight is 303 g/mol. The second-order valence-electron chi connectivity index (χ2n) is 5.80. The van der Waals surface area contributed by atoms with Gasteiger partial charge in [0, 0.05) is 12.0 Å². The van der Waals surface area contributed by atoms with Crippen LogP contribution in [0.1, 0.15) is 38.3 Å². The first-order valence-corrected chi connectivity index (χ1v) is 7.98. The number of ether oxygens (including phenoxy) is 1. The molecule has 0 spiro atoms. The van der Waals surface area contributed by atoms with Crippen molar-refractivity contribution >= 4 is 10.0 Å². The van der Waals surface area contributed by atoms with Gasteiger partial charge in [-0.2, -0.15) is 0 Å². The smallest absolute Gasteiger partial charge is 0.238 e. The highest BCUT2D eigenvalue weighted by atomic mass is 32.2. The van der Waals surface area contributed by atoms with Crippen LogP contribution in [0.2, 0.25) is 0 Å². The van der Waals surface area contributed by atoms with Crippen LogP contribution in [-0.4, -0.2) is 21.7 Å². The summed E-state index contributed by atoms with van der Waals surface area (Å²) < 4.78 is 40.9. The molecule has 0 fully saturated rings. The average Bonchev–Trinajstić information content (AvgIpc) is 2.25. The molecule has 0 saturated heterocycles. The maximum absolute atomic E-state index is 12.2. The highest BCUT2D eigenvalue weighted by Crippen LogP contribution is 2.35. The number of hydrogen-bond donors (Lipinski definition) is 1. The normalized spacial score (nSPS) is 12.5. The second-order valence-corrected chi connectivity index (χ2v) is 7.33. The van der Waals surface area contributed by atoms with Crippen LogP contribution in [0.15, 0.2) is 17.0 Å². The molecule has 1 aromatic rings. The molecule has 1 rings (SSSR count). The predicted molar refractivity (Wildman–Crippen MR) is 77.3 cm³/mol. The molecule has 0 aliphatic carbocycles. The SMILES string of the molecule is Cc1cc(OCCCF)c(C(C)(C)C)cc1S(N)(=O)=O. The van der Waals surface area contributed by atoms with Gasteiger partial charge in [-0.3, -0.25) is 4.39 Å². The fourth-order valence-electron chi connectivity index (χ4n) is 1.91. The van der Waals surface area contributed by atoms with E-state index in [-0.39, 0.29) is 16.9 Å². The lowest BCUT2D eigenvalue weighted by molar-refractivity contribution is 0.283. The van der Waals surface area contributed by atoms with E-state index in [1.54, 1.807) is 19.1 Å². The van der Waals surface area contributed by atoms with Crippen LogP contribution < -0.4 is 9.88 Å². The summed E-state index contributed by atoms with van der Waals surface area (Å²) in [7, 11) is -3.77. The Morgan fingerprint density at radius 2 is 1.90 bits per heavy atom. The molecule has 0 unspecified atom stereocenters. The van der Waals surface area contributed by atoms with Gasteiger partial charge in [-0.25, -0.2) is 13.6 Å². The van der Waals surface area contributed by atoms with Gasteiger partial charge >= 0.3 is 0 Å². The van der Waals surface area contributed by atoms with Crippen molar-refractivity contribution in [2.24, 2.45) is 5.14 Å². The Hall–Kier alpha value is -1.14. The maximum Gasteiger partial charge on any atom is 0.238 e. The monoisotopic (exact) mass is 303 g/mol. The summed E-state index contributed by atoms with van der Waals surface area (Å²) in [5, 5.41) is 5.22. The largest absolute Gasteiger partial charge is 0.493 e. The van der Waals surface area contributed by atoms with Crippen LogP contribution in [0, 0.1) is 6.92 Å². The molecule has 114 valence electrons. The molecular formula is C14H22FNO3S. The van der Waals surface area contributed by atoms with Crippen molar-refractivity contribution in [1.29, 1.82) is 0 Å². The molecule has 6 heteroatoms. The number of hydrogen-bond acceptors (Lipinski definition) is 3. The zero-order valence-corrected chi connectivity index (χ0v) is 13.2. The minimum Gasteiger partial charge on any atom is -0.493 e. The van der Waals surface area contributed by atoms with Crippen LogP contribution in [0.4, 0.5) is 4.39 Å². The molecule has 0 atom stereocenters. The minimum atomic E-state index is -3.77. The number of benzene rings is 1. The van der Waals surface area contributed by atoms with Crippen molar-refractivity contribution in [1.82, 2.24) is 0 Å². The summed E-state index contributed by atoms with van der Waals surface area (Å²) in [6, 6.07) is 3.20. The number of alkyl halides is 1. The molecule has 0 heterocycles. The number of primary sulfonamides is 1. The Kier molecular flexibility index (Phi) is 5.15. The third kappa shape index (κ3) is 4.18. The van der Waals surface area contributed by atoms with Crippen LogP contribution in [0.5, 0.6) is 5.75 Å². The molecular weight excluding hydrogens is 281 g/mol. The van der Waals surface area contributed by atoms with Crippen molar-refractivity contribution < 1.29 is 17.5 Å². The van der Waals surface area contributed by atoms with E-state index >= 15 is 0 Å².